The lowest BCUT2D eigenvalue weighted by Crippen LogP contribution is -2.00. The summed E-state index contributed by atoms with van der Waals surface area (Å²) in [6, 6.07) is 6.50. The minimum Gasteiger partial charge on any atom is -0.396 e. The summed E-state index contributed by atoms with van der Waals surface area (Å²) in [7, 11) is 0. The topological polar surface area (TPSA) is 87.0 Å². The number of non-ortho nitro benzene ring substituents is 1. The Hall–Kier alpha value is -2.37. The summed E-state index contributed by atoms with van der Waals surface area (Å²) in [5.41, 5.74) is 7.67. The highest BCUT2D eigenvalue weighted by Crippen LogP contribution is 2.27. The van der Waals surface area contributed by atoms with E-state index in [1.54, 1.807) is 23.0 Å². The van der Waals surface area contributed by atoms with Gasteiger partial charge in [-0.2, -0.15) is 5.10 Å². The molecule has 1 aromatic heterocycles. The van der Waals surface area contributed by atoms with Crippen molar-refractivity contribution in [1.82, 2.24) is 9.78 Å². The van der Waals surface area contributed by atoms with Gasteiger partial charge in [0.2, 0.25) is 0 Å². The van der Waals surface area contributed by atoms with E-state index in [0.717, 1.165) is 0 Å². The van der Waals surface area contributed by atoms with Gasteiger partial charge in [-0.15, -0.1) is 0 Å². The Kier molecular flexibility index (Phi) is 3.01. The molecule has 6 heteroatoms. The van der Waals surface area contributed by atoms with E-state index in [0.29, 0.717) is 16.9 Å². The molecular formula is C12H14N4O2. The molecule has 1 aromatic carbocycles. The maximum atomic E-state index is 10.7. The molecule has 0 spiro atoms. The fraction of sp³-hybridized carbons (Fsp3) is 0.250. The number of hydrogen-bond acceptors (Lipinski definition) is 4. The predicted molar refractivity (Wildman–Crippen MR) is 69.1 cm³/mol. The molecule has 2 aromatic rings. The summed E-state index contributed by atoms with van der Waals surface area (Å²) in [4.78, 5) is 10.3. The van der Waals surface area contributed by atoms with Gasteiger partial charge >= 0.3 is 0 Å². The third kappa shape index (κ3) is 2.17. The number of hydrogen-bond donors (Lipinski definition) is 1. The van der Waals surface area contributed by atoms with Crippen LogP contribution in [0.4, 0.5) is 11.4 Å². The second kappa shape index (κ2) is 4.48. The van der Waals surface area contributed by atoms with E-state index in [2.05, 4.69) is 5.10 Å². The fourth-order valence-corrected chi connectivity index (χ4v) is 1.66. The van der Waals surface area contributed by atoms with Gasteiger partial charge in [-0.3, -0.25) is 14.8 Å². The summed E-state index contributed by atoms with van der Waals surface area (Å²) < 4.78 is 1.74. The lowest BCUT2D eigenvalue weighted by Gasteiger charge is -2.03. The van der Waals surface area contributed by atoms with Crippen molar-refractivity contribution < 1.29 is 4.92 Å². The van der Waals surface area contributed by atoms with Gasteiger partial charge in [0.1, 0.15) is 5.69 Å². The molecule has 2 rings (SSSR count). The molecule has 0 atom stereocenters. The van der Waals surface area contributed by atoms with Crippen LogP contribution in [0.2, 0.25) is 0 Å². The molecule has 0 aliphatic carbocycles. The molecule has 0 bridgehead atoms. The zero-order chi connectivity index (χ0) is 13.3. The maximum absolute atomic E-state index is 10.7. The third-order valence-corrected chi connectivity index (χ3v) is 2.62. The molecule has 0 aliphatic rings. The number of rotatable bonds is 3. The average molecular weight is 246 g/mol. The van der Waals surface area contributed by atoms with Gasteiger partial charge in [-0.25, -0.2) is 0 Å². The number of nitrogens with zero attached hydrogens (tertiary/aromatic N) is 3. The van der Waals surface area contributed by atoms with Crippen molar-refractivity contribution in [2.45, 2.75) is 19.9 Å². The van der Waals surface area contributed by atoms with E-state index >= 15 is 0 Å². The van der Waals surface area contributed by atoms with Crippen LogP contribution >= 0.6 is 0 Å². The van der Waals surface area contributed by atoms with Gasteiger partial charge in [0.05, 0.1) is 10.6 Å². The smallest absolute Gasteiger partial charge is 0.270 e. The van der Waals surface area contributed by atoms with Crippen molar-refractivity contribution in [2.24, 2.45) is 0 Å². The molecule has 18 heavy (non-hydrogen) atoms. The first-order valence-corrected chi connectivity index (χ1v) is 5.58. The highest BCUT2D eigenvalue weighted by atomic mass is 16.6. The molecule has 6 nitrogen and oxygen atoms in total. The standard InChI is InChI=1S/C12H14N4O2/c1-8(2)15-7-11(13)12(14-15)9-4-3-5-10(6-9)16(17)18/h3-8H,13H2,1-2H3. The van der Waals surface area contributed by atoms with Gasteiger partial charge in [0, 0.05) is 29.9 Å². The number of nitro groups is 1. The third-order valence-electron chi connectivity index (χ3n) is 2.62. The first-order valence-electron chi connectivity index (χ1n) is 5.58. The van der Waals surface area contributed by atoms with Crippen LogP contribution in [-0.4, -0.2) is 14.7 Å². The van der Waals surface area contributed by atoms with Crippen LogP contribution in [0.25, 0.3) is 11.3 Å². The largest absolute Gasteiger partial charge is 0.396 e. The Labute approximate surface area is 104 Å². The Morgan fingerprint density at radius 2 is 2.17 bits per heavy atom. The molecule has 1 heterocycles. The predicted octanol–water partition coefficient (Wildman–Crippen LogP) is 2.62. The maximum Gasteiger partial charge on any atom is 0.270 e. The SMILES string of the molecule is CC(C)n1cc(N)c(-c2cccc([N+](=O)[O-])c2)n1. The zero-order valence-corrected chi connectivity index (χ0v) is 10.2. The van der Waals surface area contributed by atoms with Crippen LogP contribution in [0.3, 0.4) is 0 Å². The average Bonchev–Trinajstić information content (AvgIpc) is 2.72. The quantitative estimate of drug-likeness (QED) is 0.666. The van der Waals surface area contributed by atoms with Crippen molar-refractivity contribution >= 4 is 11.4 Å². The van der Waals surface area contributed by atoms with Crippen LogP contribution in [0.1, 0.15) is 19.9 Å². The van der Waals surface area contributed by atoms with E-state index in [1.807, 2.05) is 13.8 Å². The van der Waals surface area contributed by atoms with Gasteiger partial charge in [0.25, 0.3) is 5.69 Å². The van der Waals surface area contributed by atoms with E-state index < -0.39 is 4.92 Å². The molecule has 0 amide bonds. The molecular weight excluding hydrogens is 232 g/mol. The van der Waals surface area contributed by atoms with Crippen LogP contribution in [0.5, 0.6) is 0 Å². The van der Waals surface area contributed by atoms with Crippen LogP contribution < -0.4 is 5.73 Å². The number of nitrogen functional groups attached to an aromatic ring is 1. The fourth-order valence-electron chi connectivity index (χ4n) is 1.66. The molecule has 94 valence electrons. The Morgan fingerprint density at radius 3 is 2.72 bits per heavy atom. The second-order valence-electron chi connectivity index (χ2n) is 4.31. The molecule has 0 unspecified atom stereocenters. The molecule has 0 saturated carbocycles. The molecule has 0 saturated heterocycles. The van der Waals surface area contributed by atoms with Crippen LogP contribution in [0.15, 0.2) is 30.5 Å². The minimum absolute atomic E-state index is 0.0333. The number of nitro benzene ring substituents is 1. The summed E-state index contributed by atoms with van der Waals surface area (Å²) in [6.45, 7) is 3.98. The number of nitrogens with two attached hydrogens (primary N) is 1. The van der Waals surface area contributed by atoms with Crippen molar-refractivity contribution in [1.29, 1.82) is 0 Å². The highest BCUT2D eigenvalue weighted by molar-refractivity contribution is 5.73. The second-order valence-corrected chi connectivity index (χ2v) is 4.31. The van der Waals surface area contributed by atoms with Crippen molar-refractivity contribution in [3.05, 3.63) is 40.6 Å². The van der Waals surface area contributed by atoms with Crippen LogP contribution in [-0.2, 0) is 0 Å². The summed E-state index contributed by atoms with van der Waals surface area (Å²) in [6.07, 6.45) is 1.73. The van der Waals surface area contributed by atoms with E-state index in [9.17, 15) is 10.1 Å². The van der Waals surface area contributed by atoms with Crippen molar-refractivity contribution in [3.8, 4) is 11.3 Å². The highest BCUT2D eigenvalue weighted by Gasteiger charge is 2.13. The van der Waals surface area contributed by atoms with Gasteiger partial charge in [-0.05, 0) is 13.8 Å². The van der Waals surface area contributed by atoms with Crippen molar-refractivity contribution in [2.75, 3.05) is 5.73 Å². The number of anilines is 1. The lowest BCUT2D eigenvalue weighted by molar-refractivity contribution is -0.384. The lowest BCUT2D eigenvalue weighted by atomic mass is 10.1. The van der Waals surface area contributed by atoms with Gasteiger partial charge < -0.3 is 5.73 Å². The first kappa shape index (κ1) is 12.1. The monoisotopic (exact) mass is 246 g/mol. The molecule has 0 radical (unpaired) electrons. The summed E-state index contributed by atoms with van der Waals surface area (Å²) in [5, 5.41) is 15.1. The van der Waals surface area contributed by atoms with Gasteiger partial charge in [0.15, 0.2) is 0 Å². The zero-order valence-electron chi connectivity index (χ0n) is 10.2. The first-order chi connectivity index (χ1) is 8.49. The normalized spacial score (nSPS) is 10.8. The minimum atomic E-state index is -0.431. The Morgan fingerprint density at radius 1 is 1.44 bits per heavy atom. The number of benzene rings is 1. The van der Waals surface area contributed by atoms with Crippen molar-refractivity contribution in [3.63, 3.8) is 0 Å². The van der Waals surface area contributed by atoms with E-state index in [1.165, 1.54) is 12.1 Å². The Balaban J connectivity index is 2.48. The van der Waals surface area contributed by atoms with E-state index in [-0.39, 0.29) is 11.7 Å². The molecule has 2 N–H and O–H groups in total. The summed E-state index contributed by atoms with van der Waals surface area (Å²) in [5.74, 6) is 0. The molecule has 0 fully saturated rings. The Bertz CT molecular complexity index is 590. The van der Waals surface area contributed by atoms with E-state index in [4.69, 9.17) is 5.73 Å². The number of aromatic nitrogens is 2. The van der Waals surface area contributed by atoms with Crippen LogP contribution in [0, 0.1) is 10.1 Å². The molecule has 0 aliphatic heterocycles. The summed E-state index contributed by atoms with van der Waals surface area (Å²) >= 11 is 0. The van der Waals surface area contributed by atoms with Gasteiger partial charge in [-0.1, -0.05) is 12.1 Å².